The van der Waals surface area contributed by atoms with Gasteiger partial charge in [0.15, 0.2) is 11.5 Å². The molecule has 0 bridgehead atoms. The lowest BCUT2D eigenvalue weighted by atomic mass is 10.1. The minimum atomic E-state index is -0.150. The van der Waals surface area contributed by atoms with Crippen LogP contribution in [-0.4, -0.2) is 31.3 Å². The summed E-state index contributed by atoms with van der Waals surface area (Å²) in [4.78, 5) is 12.1. The number of carbonyl (C=O) groups excluding carboxylic acids is 1. The number of hydrogen-bond acceptors (Lipinski definition) is 4. The van der Waals surface area contributed by atoms with Crippen LogP contribution >= 0.6 is 0 Å². The first kappa shape index (κ1) is 23.3. The Morgan fingerprint density at radius 1 is 1.03 bits per heavy atom. The van der Waals surface area contributed by atoms with Gasteiger partial charge in [0.1, 0.15) is 5.75 Å². The zero-order valence-electron chi connectivity index (χ0n) is 18.0. The molecule has 2 aromatic rings. The van der Waals surface area contributed by atoms with Crippen molar-refractivity contribution in [1.29, 1.82) is 0 Å². The third-order valence-corrected chi connectivity index (χ3v) is 4.77. The Labute approximate surface area is 179 Å². The van der Waals surface area contributed by atoms with Crippen molar-refractivity contribution < 1.29 is 19.4 Å². The molecule has 2 aromatic carbocycles. The van der Waals surface area contributed by atoms with E-state index in [4.69, 9.17) is 9.47 Å². The fourth-order valence-corrected chi connectivity index (χ4v) is 3.02. The highest BCUT2D eigenvalue weighted by atomic mass is 16.5. The highest BCUT2D eigenvalue weighted by molar-refractivity contribution is 5.91. The standard InChI is InChI=1S/C25H33NO4/c1-3-4-5-6-7-18-30-24-19-21(10-14-23(24)29-2)11-15-25(28)26-17-16-20-8-12-22(27)13-9-20/h8-15,19,27H,3-7,16-18H2,1-2H3,(H,26,28)/b15-11+. The summed E-state index contributed by atoms with van der Waals surface area (Å²) in [5, 5.41) is 12.2. The molecular weight excluding hydrogens is 378 g/mol. The molecule has 2 N–H and O–H groups in total. The maximum atomic E-state index is 12.1. The van der Waals surface area contributed by atoms with Crippen LogP contribution in [0, 0.1) is 0 Å². The van der Waals surface area contributed by atoms with Gasteiger partial charge < -0.3 is 19.9 Å². The molecule has 2 rings (SSSR count). The van der Waals surface area contributed by atoms with Crippen LogP contribution in [-0.2, 0) is 11.2 Å². The summed E-state index contributed by atoms with van der Waals surface area (Å²) in [5.41, 5.74) is 1.94. The monoisotopic (exact) mass is 411 g/mol. The molecule has 5 heteroatoms. The van der Waals surface area contributed by atoms with Gasteiger partial charge in [-0.3, -0.25) is 4.79 Å². The van der Waals surface area contributed by atoms with Gasteiger partial charge in [-0.05, 0) is 54.3 Å². The molecule has 162 valence electrons. The second-order valence-corrected chi connectivity index (χ2v) is 7.21. The summed E-state index contributed by atoms with van der Waals surface area (Å²) in [6.45, 7) is 3.39. The maximum Gasteiger partial charge on any atom is 0.244 e. The molecule has 0 saturated carbocycles. The summed E-state index contributed by atoms with van der Waals surface area (Å²) in [6.07, 6.45) is 9.91. The van der Waals surface area contributed by atoms with E-state index >= 15 is 0 Å². The molecule has 0 aliphatic carbocycles. The van der Waals surface area contributed by atoms with E-state index in [0.717, 1.165) is 17.5 Å². The Bertz CT molecular complexity index is 799. The molecule has 0 unspecified atom stereocenters. The summed E-state index contributed by atoms with van der Waals surface area (Å²) in [7, 11) is 1.63. The number of hydrogen-bond donors (Lipinski definition) is 2. The quantitative estimate of drug-likeness (QED) is 0.354. The fourth-order valence-electron chi connectivity index (χ4n) is 3.02. The van der Waals surface area contributed by atoms with Crippen molar-refractivity contribution in [3.8, 4) is 17.2 Å². The highest BCUT2D eigenvalue weighted by Gasteiger charge is 2.05. The molecule has 30 heavy (non-hydrogen) atoms. The predicted octanol–water partition coefficient (Wildman–Crippen LogP) is 5.12. The van der Waals surface area contributed by atoms with Gasteiger partial charge in [-0.15, -0.1) is 0 Å². The van der Waals surface area contributed by atoms with Gasteiger partial charge >= 0.3 is 0 Å². The topological polar surface area (TPSA) is 67.8 Å². The first-order valence-corrected chi connectivity index (χ1v) is 10.7. The number of phenols is 1. The number of amides is 1. The van der Waals surface area contributed by atoms with Crippen LogP contribution in [0.2, 0.25) is 0 Å². The lowest BCUT2D eigenvalue weighted by Crippen LogP contribution is -2.23. The maximum absolute atomic E-state index is 12.1. The Morgan fingerprint density at radius 2 is 1.80 bits per heavy atom. The zero-order chi connectivity index (χ0) is 21.6. The lowest BCUT2D eigenvalue weighted by Gasteiger charge is -2.11. The molecule has 0 radical (unpaired) electrons. The number of ether oxygens (including phenoxy) is 2. The summed E-state index contributed by atoms with van der Waals surface area (Å²) in [6, 6.07) is 12.6. The van der Waals surface area contributed by atoms with Crippen LogP contribution in [0.25, 0.3) is 6.08 Å². The van der Waals surface area contributed by atoms with E-state index in [2.05, 4.69) is 12.2 Å². The highest BCUT2D eigenvalue weighted by Crippen LogP contribution is 2.28. The van der Waals surface area contributed by atoms with Crippen LogP contribution in [0.3, 0.4) is 0 Å². The smallest absolute Gasteiger partial charge is 0.244 e. The molecule has 0 heterocycles. The van der Waals surface area contributed by atoms with Crippen LogP contribution < -0.4 is 14.8 Å². The summed E-state index contributed by atoms with van der Waals surface area (Å²) < 4.78 is 11.3. The average molecular weight is 412 g/mol. The molecule has 1 amide bonds. The van der Waals surface area contributed by atoms with E-state index < -0.39 is 0 Å². The summed E-state index contributed by atoms with van der Waals surface area (Å²) >= 11 is 0. The van der Waals surface area contributed by atoms with E-state index in [-0.39, 0.29) is 11.7 Å². The third kappa shape index (κ3) is 8.60. The van der Waals surface area contributed by atoms with Gasteiger partial charge in [-0.1, -0.05) is 50.8 Å². The van der Waals surface area contributed by atoms with Crippen LogP contribution in [0.1, 0.15) is 50.2 Å². The van der Waals surface area contributed by atoms with E-state index in [0.29, 0.717) is 31.1 Å². The SMILES string of the molecule is CCCCCCCOc1cc(/C=C/C(=O)NCCc2ccc(O)cc2)ccc1OC. The van der Waals surface area contributed by atoms with Crippen LogP contribution in [0.15, 0.2) is 48.5 Å². The van der Waals surface area contributed by atoms with Crippen molar-refractivity contribution in [3.63, 3.8) is 0 Å². The van der Waals surface area contributed by atoms with Gasteiger partial charge in [-0.25, -0.2) is 0 Å². The zero-order valence-corrected chi connectivity index (χ0v) is 18.0. The van der Waals surface area contributed by atoms with Crippen molar-refractivity contribution in [2.45, 2.75) is 45.4 Å². The van der Waals surface area contributed by atoms with E-state index in [1.54, 1.807) is 25.3 Å². The van der Waals surface area contributed by atoms with Crippen molar-refractivity contribution in [3.05, 3.63) is 59.7 Å². The van der Waals surface area contributed by atoms with Crippen molar-refractivity contribution in [2.24, 2.45) is 0 Å². The Hall–Kier alpha value is -2.95. The van der Waals surface area contributed by atoms with Gasteiger partial charge in [-0.2, -0.15) is 0 Å². The van der Waals surface area contributed by atoms with Gasteiger partial charge in [0.2, 0.25) is 5.91 Å². The van der Waals surface area contributed by atoms with Gasteiger partial charge in [0, 0.05) is 12.6 Å². The molecule has 0 atom stereocenters. The van der Waals surface area contributed by atoms with Crippen molar-refractivity contribution in [1.82, 2.24) is 5.32 Å². The Morgan fingerprint density at radius 3 is 2.53 bits per heavy atom. The largest absolute Gasteiger partial charge is 0.508 e. The van der Waals surface area contributed by atoms with Crippen LogP contribution in [0.4, 0.5) is 0 Å². The molecule has 0 aromatic heterocycles. The average Bonchev–Trinajstić information content (AvgIpc) is 2.76. The molecule has 0 aliphatic heterocycles. The summed E-state index contributed by atoms with van der Waals surface area (Å²) in [5.74, 6) is 1.48. The van der Waals surface area contributed by atoms with Crippen molar-refractivity contribution >= 4 is 12.0 Å². The molecule has 0 spiro atoms. The molecule has 0 fully saturated rings. The number of phenolic OH excluding ortho intramolecular Hbond substituents is 1. The van der Waals surface area contributed by atoms with E-state index in [1.165, 1.54) is 31.8 Å². The minimum Gasteiger partial charge on any atom is -0.508 e. The molecular formula is C25H33NO4. The van der Waals surface area contributed by atoms with Gasteiger partial charge in [0.25, 0.3) is 0 Å². The minimum absolute atomic E-state index is 0.150. The molecule has 0 aliphatic rings. The number of unbranched alkanes of at least 4 members (excludes halogenated alkanes) is 4. The van der Waals surface area contributed by atoms with Crippen LogP contribution in [0.5, 0.6) is 17.2 Å². The number of nitrogens with one attached hydrogen (secondary N) is 1. The number of rotatable bonds is 13. The van der Waals surface area contributed by atoms with E-state index in [1.807, 2.05) is 30.3 Å². The molecule has 5 nitrogen and oxygen atoms in total. The van der Waals surface area contributed by atoms with E-state index in [9.17, 15) is 9.90 Å². The molecule has 0 saturated heterocycles. The second kappa shape index (κ2) is 13.3. The first-order valence-electron chi connectivity index (χ1n) is 10.7. The predicted molar refractivity (Wildman–Crippen MR) is 121 cm³/mol. The van der Waals surface area contributed by atoms with Crippen molar-refractivity contribution in [2.75, 3.05) is 20.3 Å². The number of aromatic hydroxyl groups is 1. The lowest BCUT2D eigenvalue weighted by molar-refractivity contribution is -0.116. The number of carbonyl (C=O) groups is 1. The normalized spacial score (nSPS) is 10.9. The Kier molecular flexibility index (Phi) is 10.3. The Balaban J connectivity index is 1.81. The second-order valence-electron chi connectivity index (χ2n) is 7.21. The number of methoxy groups -OCH3 is 1. The first-order chi connectivity index (χ1) is 14.6. The fraction of sp³-hybridized carbons (Fsp3) is 0.400. The number of benzene rings is 2. The third-order valence-electron chi connectivity index (χ3n) is 4.77. The van der Waals surface area contributed by atoms with Gasteiger partial charge in [0.05, 0.1) is 13.7 Å².